The maximum atomic E-state index is 5.14. The summed E-state index contributed by atoms with van der Waals surface area (Å²) in [5.41, 5.74) is 17.2. The summed E-state index contributed by atoms with van der Waals surface area (Å²) in [7, 11) is 12.1. The summed E-state index contributed by atoms with van der Waals surface area (Å²) in [5.74, 6) is 0.880. The SMILES string of the molecule is CN(c1ccccc1)c1ccc2c3cccc4cccc(c5cccc1c52)c43.COc1ccc(N(C)c2ccccc2)cc1.Cc1ccc(N(C)c2ccc(C)cc2)cc1.Cc1ccc(N(C)c2ccccc2)cc1.Cc1cccc(N(C)c2ccccc2)c1. The van der Waals surface area contributed by atoms with Gasteiger partial charge in [0.1, 0.15) is 5.75 Å². The second-order valence-corrected chi connectivity index (χ2v) is 22.8. The summed E-state index contributed by atoms with van der Waals surface area (Å²) in [6, 6.07) is 108. The molecular formula is C84H81N5O. The van der Waals surface area contributed by atoms with E-state index in [4.69, 9.17) is 4.74 Å². The van der Waals surface area contributed by atoms with Crippen LogP contribution in [-0.4, -0.2) is 42.3 Å². The van der Waals surface area contributed by atoms with E-state index in [1.165, 1.54) is 117 Å². The molecule has 0 saturated carbocycles. The molecule has 0 fully saturated rings. The predicted octanol–water partition coefficient (Wildman–Crippen LogP) is 22.6. The molecule has 0 N–H and O–H groups in total. The van der Waals surface area contributed by atoms with Crippen LogP contribution in [0.15, 0.2) is 309 Å². The van der Waals surface area contributed by atoms with Crippen LogP contribution in [0.25, 0.3) is 43.1 Å². The van der Waals surface area contributed by atoms with Crippen LogP contribution in [0.4, 0.5) is 56.9 Å². The van der Waals surface area contributed by atoms with Crippen LogP contribution in [-0.2, 0) is 0 Å². The zero-order chi connectivity index (χ0) is 62.9. The largest absolute Gasteiger partial charge is 0.497 e. The first-order chi connectivity index (χ1) is 43.8. The number of nitrogens with zero attached hydrogens (tertiary/aromatic N) is 5. The monoisotopic (exact) mass is 1180 g/mol. The molecule has 0 aromatic heterocycles. The number of ether oxygens (including phenoxy) is 1. The van der Waals surface area contributed by atoms with Crippen LogP contribution in [0, 0.1) is 27.7 Å². The molecule has 14 aromatic rings. The Morgan fingerprint density at radius 3 is 0.911 bits per heavy atom. The molecule has 0 aliphatic rings. The Morgan fingerprint density at radius 1 is 0.222 bits per heavy atom. The van der Waals surface area contributed by atoms with Gasteiger partial charge in [-0.1, -0.05) is 199 Å². The van der Waals surface area contributed by atoms with Gasteiger partial charge in [0.15, 0.2) is 0 Å². The lowest BCUT2D eigenvalue weighted by Crippen LogP contribution is -2.09. The summed E-state index contributed by atoms with van der Waals surface area (Å²) < 4.78 is 5.14. The fraction of sp³-hybridized carbons (Fsp3) is 0.119. The van der Waals surface area contributed by atoms with Crippen molar-refractivity contribution in [1.29, 1.82) is 0 Å². The van der Waals surface area contributed by atoms with Gasteiger partial charge < -0.3 is 29.2 Å². The highest BCUT2D eigenvalue weighted by Gasteiger charge is 2.17. The minimum absolute atomic E-state index is 0.880. The Labute approximate surface area is 533 Å². The van der Waals surface area contributed by atoms with Crippen molar-refractivity contribution < 1.29 is 4.74 Å². The molecule has 0 saturated heterocycles. The van der Waals surface area contributed by atoms with Crippen molar-refractivity contribution >= 4 is 100.0 Å². The molecule has 0 radical (unpaired) electrons. The van der Waals surface area contributed by atoms with E-state index in [0.717, 1.165) is 11.4 Å². The fourth-order valence-electron chi connectivity index (χ4n) is 11.2. The van der Waals surface area contributed by atoms with E-state index in [2.05, 4.69) is 342 Å². The van der Waals surface area contributed by atoms with Crippen LogP contribution >= 0.6 is 0 Å². The van der Waals surface area contributed by atoms with Crippen molar-refractivity contribution in [2.24, 2.45) is 0 Å². The lowest BCUT2D eigenvalue weighted by Gasteiger charge is -2.23. The number of benzene rings is 14. The smallest absolute Gasteiger partial charge is 0.119 e. The molecule has 0 aliphatic heterocycles. The molecule has 6 nitrogen and oxygen atoms in total. The van der Waals surface area contributed by atoms with Gasteiger partial charge in [0.05, 0.1) is 7.11 Å². The van der Waals surface area contributed by atoms with E-state index in [9.17, 15) is 0 Å². The van der Waals surface area contributed by atoms with E-state index in [0.29, 0.717) is 0 Å². The minimum atomic E-state index is 0.880. The molecule has 0 atom stereocenters. The van der Waals surface area contributed by atoms with Crippen molar-refractivity contribution in [1.82, 2.24) is 0 Å². The number of methoxy groups -OCH3 is 1. The number of rotatable bonds is 11. The highest BCUT2D eigenvalue weighted by Crippen LogP contribution is 2.44. The van der Waals surface area contributed by atoms with Crippen molar-refractivity contribution in [3.8, 4) is 5.75 Å². The molecule has 0 spiro atoms. The Hall–Kier alpha value is -10.8. The molecule has 0 heterocycles. The van der Waals surface area contributed by atoms with Gasteiger partial charge in [0, 0.05) is 97.5 Å². The van der Waals surface area contributed by atoms with Gasteiger partial charge in [-0.05, 0) is 198 Å². The zero-order valence-corrected chi connectivity index (χ0v) is 53.6. The maximum Gasteiger partial charge on any atom is 0.119 e. The van der Waals surface area contributed by atoms with Gasteiger partial charge >= 0.3 is 0 Å². The molecule has 0 bridgehead atoms. The Morgan fingerprint density at radius 2 is 0.522 bits per heavy atom. The average molecular weight is 1180 g/mol. The lowest BCUT2D eigenvalue weighted by molar-refractivity contribution is 0.415. The minimum Gasteiger partial charge on any atom is -0.497 e. The van der Waals surface area contributed by atoms with Crippen LogP contribution in [0.5, 0.6) is 5.75 Å². The molecule has 448 valence electrons. The quantitative estimate of drug-likeness (QED) is 0.0946. The van der Waals surface area contributed by atoms with E-state index in [1.807, 2.05) is 54.6 Å². The Balaban J connectivity index is 0.000000128. The van der Waals surface area contributed by atoms with E-state index < -0.39 is 0 Å². The normalized spacial score (nSPS) is 10.6. The standard InChI is InChI=1S/C27H19N.C15H17N.C14H15NO.2C14H15N/c1-28(19-10-3-2-4-11-19)25-17-16-23-21-13-6-9-18-8-5-12-20(26(18)21)22-14-7-15-24(25)27(22)23;1-12-4-8-14(9-5-12)16(3)15-10-6-13(2)7-11-15;1-15(12-6-4-3-5-7-12)13-8-10-14(16-2)11-9-13;1-12-7-6-10-14(11-12)15(2)13-8-4-3-5-9-13;1-12-8-10-14(11-9-12)15(2)13-6-4-3-5-7-13/h2-17H,1H3;4-11H,1-3H3;3-11H,1-2H3;2*3-11H,1-2H3. The third kappa shape index (κ3) is 15.1. The van der Waals surface area contributed by atoms with Gasteiger partial charge in [-0.3, -0.25) is 0 Å². The van der Waals surface area contributed by atoms with Crippen LogP contribution in [0.2, 0.25) is 0 Å². The highest BCUT2D eigenvalue weighted by atomic mass is 16.5. The molecule has 14 rings (SSSR count). The first-order valence-electron chi connectivity index (χ1n) is 30.7. The molecule has 6 heteroatoms. The predicted molar refractivity (Wildman–Crippen MR) is 391 cm³/mol. The van der Waals surface area contributed by atoms with Gasteiger partial charge in [-0.15, -0.1) is 0 Å². The maximum absolute atomic E-state index is 5.14. The van der Waals surface area contributed by atoms with Gasteiger partial charge in [-0.25, -0.2) is 0 Å². The van der Waals surface area contributed by atoms with Crippen LogP contribution < -0.4 is 29.2 Å². The molecule has 0 unspecified atom stereocenters. The summed E-state index contributed by atoms with van der Waals surface area (Å²) in [4.78, 5) is 11.0. The van der Waals surface area contributed by atoms with Crippen molar-refractivity contribution in [3.05, 3.63) is 332 Å². The highest BCUT2D eigenvalue weighted by molar-refractivity contribution is 6.34. The summed E-state index contributed by atoms with van der Waals surface area (Å²) >= 11 is 0. The van der Waals surface area contributed by atoms with E-state index in [-0.39, 0.29) is 0 Å². The second kappa shape index (κ2) is 29.7. The number of para-hydroxylation sites is 4. The number of aryl methyl sites for hydroxylation is 4. The topological polar surface area (TPSA) is 25.4 Å². The average Bonchev–Trinajstić information content (AvgIpc) is 0.802. The summed E-state index contributed by atoms with van der Waals surface area (Å²) in [5, 5.41) is 10.7. The number of anilines is 10. The van der Waals surface area contributed by atoms with Gasteiger partial charge in [0.25, 0.3) is 0 Å². The zero-order valence-electron chi connectivity index (χ0n) is 53.6. The lowest BCUT2D eigenvalue weighted by atomic mass is 9.89. The van der Waals surface area contributed by atoms with E-state index in [1.54, 1.807) is 7.11 Å². The molecule has 90 heavy (non-hydrogen) atoms. The molecule has 14 aromatic carbocycles. The molecule has 0 aliphatic carbocycles. The first-order valence-corrected chi connectivity index (χ1v) is 30.7. The summed E-state index contributed by atoms with van der Waals surface area (Å²) in [6.07, 6.45) is 0. The van der Waals surface area contributed by atoms with Crippen molar-refractivity contribution in [2.75, 3.05) is 66.8 Å². The number of fused-ring (bicyclic) bond motifs is 2. The van der Waals surface area contributed by atoms with Crippen LogP contribution in [0.3, 0.4) is 0 Å². The summed E-state index contributed by atoms with van der Waals surface area (Å²) in [6.45, 7) is 8.43. The number of hydrogen-bond donors (Lipinski definition) is 0. The van der Waals surface area contributed by atoms with Crippen molar-refractivity contribution in [3.63, 3.8) is 0 Å². The second-order valence-electron chi connectivity index (χ2n) is 22.8. The van der Waals surface area contributed by atoms with E-state index >= 15 is 0 Å². The Kier molecular flexibility index (Phi) is 20.6. The van der Waals surface area contributed by atoms with Crippen molar-refractivity contribution in [2.45, 2.75) is 27.7 Å². The third-order valence-electron chi connectivity index (χ3n) is 16.6. The third-order valence-corrected chi connectivity index (χ3v) is 16.6. The van der Waals surface area contributed by atoms with Gasteiger partial charge in [0.2, 0.25) is 0 Å². The molecule has 0 amide bonds. The first kappa shape index (κ1) is 62.2. The van der Waals surface area contributed by atoms with Crippen LogP contribution in [0.1, 0.15) is 22.3 Å². The van der Waals surface area contributed by atoms with Gasteiger partial charge in [-0.2, -0.15) is 0 Å². The fourth-order valence-corrected chi connectivity index (χ4v) is 11.2. The number of hydrogen-bond acceptors (Lipinski definition) is 6. The Bertz CT molecular complexity index is 4390. The molecular weight excluding hydrogens is 1090 g/mol.